The fraction of sp³-hybridized carbons (Fsp3) is 0.286. The quantitative estimate of drug-likeness (QED) is 0.711. The van der Waals surface area contributed by atoms with Gasteiger partial charge in [0.25, 0.3) is 5.91 Å². The number of pyridine rings is 2. The fourth-order valence-electron chi connectivity index (χ4n) is 3.83. The Bertz CT molecular complexity index is 1180. The molecule has 1 aromatic carbocycles. The molecule has 1 fully saturated rings. The first-order chi connectivity index (χ1) is 13.8. The minimum atomic E-state index is -3.56. The highest BCUT2D eigenvalue weighted by atomic mass is 32.2. The van der Waals surface area contributed by atoms with E-state index in [4.69, 9.17) is 10.1 Å². The summed E-state index contributed by atoms with van der Waals surface area (Å²) < 4.78 is 22.8. The Morgan fingerprint density at radius 2 is 2.10 bits per heavy atom. The van der Waals surface area contributed by atoms with Gasteiger partial charge in [-0.15, -0.1) is 0 Å². The van der Waals surface area contributed by atoms with Crippen LogP contribution in [0.4, 0.5) is 0 Å². The van der Waals surface area contributed by atoms with E-state index >= 15 is 0 Å². The van der Waals surface area contributed by atoms with Crippen LogP contribution in [0.25, 0.3) is 22.2 Å². The second-order valence-electron chi connectivity index (χ2n) is 7.55. The Labute approximate surface area is 169 Å². The summed E-state index contributed by atoms with van der Waals surface area (Å²) in [6.45, 7) is 2.87. The third kappa shape index (κ3) is 4.28. The number of aryl methyl sites for hydroxylation is 1. The number of carbonyl (C=O) groups excluding carboxylic acids is 1. The maximum atomic E-state index is 13.4. The molecule has 7 nitrogen and oxygen atoms in total. The third-order valence-electron chi connectivity index (χ3n) is 5.19. The first-order valence-corrected chi connectivity index (χ1v) is 11.1. The first-order valence-electron chi connectivity index (χ1n) is 9.42. The van der Waals surface area contributed by atoms with Gasteiger partial charge in [-0.1, -0.05) is 11.6 Å². The van der Waals surface area contributed by atoms with Gasteiger partial charge in [0.1, 0.15) is 0 Å². The van der Waals surface area contributed by atoms with Crippen molar-refractivity contribution in [3.63, 3.8) is 0 Å². The van der Waals surface area contributed by atoms with Crippen LogP contribution in [0.1, 0.15) is 22.3 Å². The molecule has 0 spiro atoms. The minimum Gasteiger partial charge on any atom is -0.338 e. The van der Waals surface area contributed by atoms with E-state index in [1.54, 1.807) is 23.4 Å². The van der Waals surface area contributed by atoms with E-state index in [0.29, 0.717) is 30.8 Å². The van der Waals surface area contributed by atoms with Crippen molar-refractivity contribution in [2.24, 2.45) is 11.1 Å². The SMILES string of the molecule is Cc1ccc2nc(-c3cccnc3)cc(C(=O)N3CCC(CS(N)(=O)=O)C3)c2c1. The number of nitrogens with zero attached hydrogens (tertiary/aromatic N) is 3. The number of likely N-dealkylation sites (tertiary alicyclic amines) is 1. The van der Waals surface area contributed by atoms with Gasteiger partial charge in [0.2, 0.25) is 10.0 Å². The maximum Gasteiger partial charge on any atom is 0.254 e. The average molecular weight is 410 g/mol. The Hall–Kier alpha value is -2.84. The van der Waals surface area contributed by atoms with Crippen LogP contribution in [-0.4, -0.2) is 48.0 Å². The molecule has 1 saturated heterocycles. The van der Waals surface area contributed by atoms with Gasteiger partial charge in [-0.2, -0.15) is 0 Å². The van der Waals surface area contributed by atoms with Crippen LogP contribution in [0.2, 0.25) is 0 Å². The molecule has 1 atom stereocenters. The molecule has 3 heterocycles. The number of fused-ring (bicyclic) bond motifs is 1. The lowest BCUT2D eigenvalue weighted by Crippen LogP contribution is -2.31. The second kappa shape index (κ2) is 7.53. The summed E-state index contributed by atoms with van der Waals surface area (Å²) in [6, 6.07) is 11.4. The van der Waals surface area contributed by atoms with Gasteiger partial charge in [0, 0.05) is 36.4 Å². The number of benzene rings is 1. The number of amides is 1. The van der Waals surface area contributed by atoms with Crippen LogP contribution in [0.5, 0.6) is 0 Å². The zero-order chi connectivity index (χ0) is 20.6. The van der Waals surface area contributed by atoms with Crippen molar-refractivity contribution < 1.29 is 13.2 Å². The predicted molar refractivity (Wildman–Crippen MR) is 112 cm³/mol. The Morgan fingerprint density at radius 3 is 2.83 bits per heavy atom. The number of hydrogen-bond acceptors (Lipinski definition) is 5. The lowest BCUT2D eigenvalue weighted by atomic mass is 10.0. The molecule has 0 bridgehead atoms. The van der Waals surface area contributed by atoms with Crippen molar-refractivity contribution in [1.82, 2.24) is 14.9 Å². The van der Waals surface area contributed by atoms with Crippen molar-refractivity contribution in [1.29, 1.82) is 0 Å². The molecule has 0 saturated carbocycles. The molecular formula is C21H22N4O3S. The summed E-state index contributed by atoms with van der Waals surface area (Å²) in [4.78, 5) is 23.9. The number of sulfonamides is 1. The first kappa shape index (κ1) is 19.5. The van der Waals surface area contributed by atoms with Crippen molar-refractivity contribution >= 4 is 26.8 Å². The van der Waals surface area contributed by atoms with Crippen LogP contribution < -0.4 is 5.14 Å². The fourth-order valence-corrected chi connectivity index (χ4v) is 4.76. The Balaban J connectivity index is 1.74. The normalized spacial score (nSPS) is 17.0. The number of nitrogens with two attached hydrogens (primary N) is 1. The molecule has 0 radical (unpaired) electrons. The molecule has 1 aliphatic heterocycles. The molecule has 1 amide bonds. The van der Waals surface area contributed by atoms with E-state index in [1.807, 2.05) is 37.3 Å². The molecule has 0 aliphatic carbocycles. The van der Waals surface area contributed by atoms with E-state index in [9.17, 15) is 13.2 Å². The maximum absolute atomic E-state index is 13.4. The molecule has 2 aromatic heterocycles. The van der Waals surface area contributed by atoms with E-state index in [1.165, 1.54) is 0 Å². The Kier molecular flexibility index (Phi) is 5.06. The van der Waals surface area contributed by atoms with Gasteiger partial charge in [-0.25, -0.2) is 18.5 Å². The lowest BCUT2D eigenvalue weighted by Gasteiger charge is -2.18. The number of primary sulfonamides is 1. The summed E-state index contributed by atoms with van der Waals surface area (Å²) in [7, 11) is -3.56. The van der Waals surface area contributed by atoms with Crippen molar-refractivity contribution in [3.8, 4) is 11.3 Å². The predicted octanol–water partition coefficient (Wildman–Crippen LogP) is 2.36. The van der Waals surface area contributed by atoms with Gasteiger partial charge < -0.3 is 4.90 Å². The number of rotatable bonds is 4. The van der Waals surface area contributed by atoms with Gasteiger partial charge in [-0.3, -0.25) is 9.78 Å². The Morgan fingerprint density at radius 1 is 1.28 bits per heavy atom. The van der Waals surface area contributed by atoms with Crippen LogP contribution in [0.3, 0.4) is 0 Å². The summed E-state index contributed by atoms with van der Waals surface area (Å²) in [5, 5.41) is 5.97. The molecule has 1 unspecified atom stereocenters. The second-order valence-corrected chi connectivity index (χ2v) is 9.21. The van der Waals surface area contributed by atoms with Gasteiger partial charge in [0.15, 0.2) is 0 Å². The van der Waals surface area contributed by atoms with Gasteiger partial charge in [-0.05, 0) is 49.6 Å². The molecule has 8 heteroatoms. The van der Waals surface area contributed by atoms with Gasteiger partial charge >= 0.3 is 0 Å². The highest BCUT2D eigenvalue weighted by Gasteiger charge is 2.30. The van der Waals surface area contributed by atoms with Crippen LogP contribution in [0, 0.1) is 12.8 Å². The molecule has 3 aromatic rings. The zero-order valence-corrected chi connectivity index (χ0v) is 16.9. The number of carbonyl (C=O) groups is 1. The van der Waals surface area contributed by atoms with Crippen molar-refractivity contribution in [2.45, 2.75) is 13.3 Å². The van der Waals surface area contributed by atoms with E-state index in [2.05, 4.69) is 4.98 Å². The highest BCUT2D eigenvalue weighted by Crippen LogP contribution is 2.28. The third-order valence-corrected chi connectivity index (χ3v) is 6.13. The largest absolute Gasteiger partial charge is 0.338 e. The van der Waals surface area contributed by atoms with Crippen LogP contribution in [0.15, 0.2) is 48.8 Å². The monoisotopic (exact) mass is 410 g/mol. The molecule has 2 N–H and O–H groups in total. The smallest absolute Gasteiger partial charge is 0.254 e. The van der Waals surface area contributed by atoms with Crippen molar-refractivity contribution in [2.75, 3.05) is 18.8 Å². The molecular weight excluding hydrogens is 388 g/mol. The van der Waals surface area contributed by atoms with E-state index in [0.717, 1.165) is 22.0 Å². The lowest BCUT2D eigenvalue weighted by molar-refractivity contribution is 0.0790. The van der Waals surface area contributed by atoms with Crippen molar-refractivity contribution in [3.05, 3.63) is 59.9 Å². The number of aromatic nitrogens is 2. The zero-order valence-electron chi connectivity index (χ0n) is 16.1. The molecule has 4 rings (SSSR count). The van der Waals surface area contributed by atoms with Gasteiger partial charge in [0.05, 0.1) is 22.5 Å². The molecule has 1 aliphatic rings. The summed E-state index contributed by atoms with van der Waals surface area (Å²) in [5.74, 6) is -0.361. The van der Waals surface area contributed by atoms with Crippen LogP contribution >= 0.6 is 0 Å². The summed E-state index contributed by atoms with van der Waals surface area (Å²) in [6.07, 6.45) is 4.03. The molecule has 29 heavy (non-hydrogen) atoms. The minimum absolute atomic E-state index is 0.103. The van der Waals surface area contributed by atoms with E-state index in [-0.39, 0.29) is 17.6 Å². The van der Waals surface area contributed by atoms with Crippen LogP contribution in [-0.2, 0) is 10.0 Å². The van der Waals surface area contributed by atoms with E-state index < -0.39 is 10.0 Å². The highest BCUT2D eigenvalue weighted by molar-refractivity contribution is 7.89. The standard InChI is InChI=1S/C21H22N4O3S/c1-14-4-5-19-17(9-14)18(10-20(24-19)16-3-2-7-23-11-16)21(26)25-8-6-15(12-25)13-29(22,27)28/h2-5,7,9-11,15H,6,8,12-13H2,1H3,(H2,22,27,28). The summed E-state index contributed by atoms with van der Waals surface area (Å²) in [5.41, 5.74) is 3.85. The topological polar surface area (TPSA) is 106 Å². The summed E-state index contributed by atoms with van der Waals surface area (Å²) >= 11 is 0. The number of hydrogen-bond donors (Lipinski definition) is 1. The average Bonchev–Trinajstić information content (AvgIpc) is 3.14. The molecule has 150 valence electrons.